The third-order valence-corrected chi connectivity index (χ3v) is 4.16. The van der Waals surface area contributed by atoms with Crippen LogP contribution < -0.4 is 5.73 Å². The van der Waals surface area contributed by atoms with Crippen molar-refractivity contribution in [2.75, 3.05) is 5.73 Å². The Balaban J connectivity index is 1.89. The molecule has 0 radical (unpaired) electrons. The Bertz CT molecular complexity index is 679. The summed E-state index contributed by atoms with van der Waals surface area (Å²) >= 11 is 1.46. The summed E-state index contributed by atoms with van der Waals surface area (Å²) in [6, 6.07) is 1.86. The molecular formula is C13H14N4O2S. The van der Waals surface area contributed by atoms with Crippen molar-refractivity contribution in [1.82, 2.24) is 14.9 Å². The number of piperidine rings is 1. The van der Waals surface area contributed by atoms with E-state index < -0.39 is 0 Å². The molecule has 0 aliphatic carbocycles. The molecular weight excluding hydrogens is 276 g/mol. The third kappa shape index (κ3) is 2.24. The Kier molecular flexibility index (Phi) is 3.13. The molecule has 2 aromatic rings. The van der Waals surface area contributed by atoms with Crippen LogP contribution in [-0.4, -0.2) is 26.7 Å². The van der Waals surface area contributed by atoms with E-state index in [-0.39, 0.29) is 24.3 Å². The number of aromatic nitrogens is 2. The molecule has 1 aliphatic heterocycles. The van der Waals surface area contributed by atoms with Crippen LogP contribution in [0.1, 0.15) is 25.6 Å². The molecule has 2 amide bonds. The minimum Gasteiger partial charge on any atom is -0.383 e. The van der Waals surface area contributed by atoms with Crippen molar-refractivity contribution in [3.8, 4) is 0 Å². The third-order valence-electron chi connectivity index (χ3n) is 3.35. The molecule has 1 fully saturated rings. The average Bonchev–Trinajstić information content (AvgIpc) is 2.82. The molecule has 0 unspecified atom stereocenters. The lowest BCUT2D eigenvalue weighted by molar-refractivity contribution is -0.150. The number of anilines is 1. The van der Waals surface area contributed by atoms with Crippen LogP contribution in [0.15, 0.2) is 11.4 Å². The zero-order valence-electron chi connectivity index (χ0n) is 11.0. The lowest BCUT2D eigenvalue weighted by Gasteiger charge is -2.27. The van der Waals surface area contributed by atoms with Gasteiger partial charge in [-0.2, -0.15) is 0 Å². The maximum absolute atomic E-state index is 11.9. The van der Waals surface area contributed by atoms with Crippen molar-refractivity contribution in [2.45, 2.75) is 26.3 Å². The number of nitrogen functional groups attached to an aromatic ring is 1. The monoisotopic (exact) mass is 290 g/mol. The number of likely N-dealkylation sites (tertiary alicyclic amines) is 1. The highest BCUT2D eigenvalue weighted by atomic mass is 32.1. The average molecular weight is 290 g/mol. The van der Waals surface area contributed by atoms with Crippen molar-refractivity contribution in [3.05, 3.63) is 17.3 Å². The molecule has 6 nitrogen and oxygen atoms in total. The van der Waals surface area contributed by atoms with Crippen molar-refractivity contribution in [3.63, 3.8) is 0 Å². The number of nitrogens with two attached hydrogens (primary N) is 1. The molecule has 0 aromatic carbocycles. The van der Waals surface area contributed by atoms with E-state index in [0.29, 0.717) is 24.5 Å². The number of carbonyl (C=O) groups is 2. The van der Waals surface area contributed by atoms with Gasteiger partial charge >= 0.3 is 0 Å². The maximum atomic E-state index is 11.9. The van der Waals surface area contributed by atoms with Crippen LogP contribution in [0, 0.1) is 5.92 Å². The highest BCUT2D eigenvalue weighted by Gasteiger charge is 2.30. The minimum absolute atomic E-state index is 0.0996. The van der Waals surface area contributed by atoms with Crippen LogP contribution >= 0.6 is 11.3 Å². The predicted molar refractivity (Wildman–Crippen MR) is 75.8 cm³/mol. The fraction of sp³-hybridized carbons (Fsp3) is 0.385. The van der Waals surface area contributed by atoms with Crippen LogP contribution in [0.4, 0.5) is 5.82 Å². The molecule has 1 aliphatic rings. The van der Waals surface area contributed by atoms with Crippen LogP contribution in [-0.2, 0) is 16.1 Å². The fourth-order valence-corrected chi connectivity index (χ4v) is 3.13. The number of rotatable bonds is 2. The number of imide groups is 1. The van der Waals surface area contributed by atoms with E-state index in [1.54, 1.807) is 0 Å². The van der Waals surface area contributed by atoms with E-state index in [2.05, 4.69) is 9.97 Å². The Morgan fingerprint density at radius 2 is 2.05 bits per heavy atom. The lowest BCUT2D eigenvalue weighted by Crippen LogP contribution is -2.42. The lowest BCUT2D eigenvalue weighted by atomic mass is 9.98. The summed E-state index contributed by atoms with van der Waals surface area (Å²) in [4.78, 5) is 34.4. The van der Waals surface area contributed by atoms with Gasteiger partial charge in [-0.1, -0.05) is 6.92 Å². The van der Waals surface area contributed by atoms with E-state index in [1.165, 1.54) is 16.2 Å². The van der Waals surface area contributed by atoms with Crippen molar-refractivity contribution in [1.29, 1.82) is 0 Å². The number of thiophene rings is 1. The quantitative estimate of drug-likeness (QED) is 0.848. The second-order valence-electron chi connectivity index (χ2n) is 5.05. The summed E-state index contributed by atoms with van der Waals surface area (Å²) in [6.45, 7) is 2.00. The van der Waals surface area contributed by atoms with E-state index >= 15 is 0 Å². The highest BCUT2D eigenvalue weighted by molar-refractivity contribution is 7.16. The number of hydrogen-bond donors (Lipinski definition) is 1. The van der Waals surface area contributed by atoms with Gasteiger partial charge in [0.05, 0.1) is 11.9 Å². The van der Waals surface area contributed by atoms with Crippen LogP contribution in [0.2, 0.25) is 0 Å². The standard InChI is InChI=1S/C13H14N4O2S/c1-7-4-10(18)17(11(19)5-7)6-9-15-12(14)8-2-3-20-13(8)16-9/h2-3,7H,4-6H2,1H3,(H2,14,15,16). The molecule has 3 heterocycles. The minimum atomic E-state index is -0.165. The Labute approximate surface area is 119 Å². The van der Waals surface area contributed by atoms with Crippen LogP contribution in [0.5, 0.6) is 0 Å². The summed E-state index contributed by atoms with van der Waals surface area (Å²) in [6.07, 6.45) is 0.783. The summed E-state index contributed by atoms with van der Waals surface area (Å²) in [5.41, 5.74) is 5.87. The molecule has 104 valence electrons. The molecule has 0 saturated carbocycles. The number of carbonyl (C=O) groups excluding carboxylic acids is 2. The molecule has 0 atom stereocenters. The largest absolute Gasteiger partial charge is 0.383 e. The summed E-state index contributed by atoms with van der Waals surface area (Å²) in [5.74, 6) is 0.576. The normalized spacial score (nSPS) is 17.1. The van der Waals surface area contributed by atoms with Gasteiger partial charge in [0.25, 0.3) is 0 Å². The second kappa shape index (κ2) is 4.82. The summed E-state index contributed by atoms with van der Waals surface area (Å²) < 4.78 is 0. The first kappa shape index (κ1) is 13.0. The van der Waals surface area contributed by atoms with Gasteiger partial charge in [0, 0.05) is 12.8 Å². The molecule has 1 saturated heterocycles. The van der Waals surface area contributed by atoms with E-state index in [4.69, 9.17) is 5.73 Å². The summed E-state index contributed by atoms with van der Waals surface area (Å²) in [5, 5.41) is 2.70. The molecule has 3 rings (SSSR count). The topological polar surface area (TPSA) is 89.2 Å². The number of fused-ring (bicyclic) bond motifs is 1. The van der Waals surface area contributed by atoms with Crippen molar-refractivity contribution in [2.24, 2.45) is 5.92 Å². The Morgan fingerprint density at radius 3 is 2.75 bits per heavy atom. The number of hydrogen-bond acceptors (Lipinski definition) is 6. The van der Waals surface area contributed by atoms with E-state index in [1.807, 2.05) is 18.4 Å². The highest BCUT2D eigenvalue weighted by Crippen LogP contribution is 2.24. The summed E-state index contributed by atoms with van der Waals surface area (Å²) in [7, 11) is 0. The Hall–Kier alpha value is -2.02. The Morgan fingerprint density at radius 1 is 1.35 bits per heavy atom. The first-order valence-corrected chi connectivity index (χ1v) is 7.25. The van der Waals surface area contributed by atoms with Crippen LogP contribution in [0.3, 0.4) is 0 Å². The zero-order chi connectivity index (χ0) is 14.3. The van der Waals surface area contributed by atoms with Gasteiger partial charge in [-0.15, -0.1) is 11.3 Å². The number of nitrogens with zero attached hydrogens (tertiary/aromatic N) is 3. The predicted octanol–water partition coefficient (Wildman–Crippen LogP) is 1.56. The molecule has 7 heteroatoms. The van der Waals surface area contributed by atoms with Crippen LogP contribution in [0.25, 0.3) is 10.2 Å². The zero-order valence-corrected chi connectivity index (χ0v) is 11.8. The van der Waals surface area contributed by atoms with Gasteiger partial charge in [-0.25, -0.2) is 9.97 Å². The first-order valence-electron chi connectivity index (χ1n) is 6.37. The fourth-order valence-electron chi connectivity index (χ4n) is 2.34. The van der Waals surface area contributed by atoms with Gasteiger partial charge in [-0.05, 0) is 17.4 Å². The molecule has 20 heavy (non-hydrogen) atoms. The molecule has 2 N–H and O–H groups in total. The number of amides is 2. The van der Waals surface area contributed by atoms with E-state index in [0.717, 1.165) is 10.2 Å². The smallest absolute Gasteiger partial charge is 0.229 e. The second-order valence-corrected chi connectivity index (χ2v) is 5.95. The van der Waals surface area contributed by atoms with Gasteiger partial charge < -0.3 is 5.73 Å². The van der Waals surface area contributed by atoms with E-state index in [9.17, 15) is 9.59 Å². The first-order chi connectivity index (χ1) is 9.54. The molecule has 0 bridgehead atoms. The SMILES string of the molecule is CC1CC(=O)N(Cc2nc(N)c3ccsc3n2)C(=O)C1. The van der Waals surface area contributed by atoms with Crippen molar-refractivity contribution >= 4 is 39.2 Å². The molecule has 0 spiro atoms. The van der Waals surface area contributed by atoms with Gasteiger partial charge in [-0.3, -0.25) is 14.5 Å². The van der Waals surface area contributed by atoms with Gasteiger partial charge in [0.1, 0.15) is 10.6 Å². The maximum Gasteiger partial charge on any atom is 0.229 e. The van der Waals surface area contributed by atoms with Gasteiger partial charge in [0.2, 0.25) is 11.8 Å². The van der Waals surface area contributed by atoms with Gasteiger partial charge in [0.15, 0.2) is 5.82 Å². The molecule has 2 aromatic heterocycles. The van der Waals surface area contributed by atoms with Crippen molar-refractivity contribution < 1.29 is 9.59 Å².